The zero-order valence-electron chi connectivity index (χ0n) is 13.7. The molecule has 1 aromatic heterocycles. The van der Waals surface area contributed by atoms with E-state index in [4.69, 9.17) is 39.4 Å². The van der Waals surface area contributed by atoms with Crippen LogP contribution in [0.2, 0.25) is 10.0 Å². The number of anilines is 2. The van der Waals surface area contributed by atoms with E-state index < -0.39 is 0 Å². The van der Waals surface area contributed by atoms with Crippen molar-refractivity contribution in [3.63, 3.8) is 0 Å². The topological polar surface area (TPSA) is 103 Å². The van der Waals surface area contributed by atoms with Crippen LogP contribution in [0, 0.1) is 5.92 Å². The number of aromatic nitrogens is 3. The van der Waals surface area contributed by atoms with Crippen molar-refractivity contribution in [1.82, 2.24) is 19.9 Å². The smallest absolute Gasteiger partial charge is 0.225 e. The quantitative estimate of drug-likeness (QED) is 0.818. The lowest BCUT2D eigenvalue weighted by Gasteiger charge is -2.31. The van der Waals surface area contributed by atoms with Crippen molar-refractivity contribution in [2.24, 2.45) is 5.92 Å². The van der Waals surface area contributed by atoms with Gasteiger partial charge in [-0.1, -0.05) is 23.2 Å². The molecule has 2 heterocycles. The van der Waals surface area contributed by atoms with Crippen LogP contribution in [0.5, 0.6) is 5.75 Å². The van der Waals surface area contributed by atoms with Crippen molar-refractivity contribution in [3.8, 4) is 5.75 Å². The molecule has 0 amide bonds. The van der Waals surface area contributed by atoms with Gasteiger partial charge in [0.1, 0.15) is 11.6 Å². The summed E-state index contributed by atoms with van der Waals surface area (Å²) in [4.78, 5) is 14.3. The molecule has 0 atom stereocenters. The third-order valence-corrected chi connectivity index (χ3v) is 4.55. The molecule has 9 heteroatoms. The number of halogens is 2. The molecule has 1 aliphatic heterocycles. The fourth-order valence-electron chi connectivity index (χ4n) is 2.86. The lowest BCUT2D eigenvalue weighted by molar-refractivity contribution is 0.134. The van der Waals surface area contributed by atoms with Crippen LogP contribution in [0.1, 0.15) is 18.7 Å². The maximum absolute atomic E-state index is 5.98. The highest BCUT2D eigenvalue weighted by molar-refractivity contribution is 6.34. The van der Waals surface area contributed by atoms with Crippen LogP contribution < -0.4 is 16.2 Å². The van der Waals surface area contributed by atoms with Gasteiger partial charge in [0, 0.05) is 10.0 Å². The molecule has 2 aromatic rings. The van der Waals surface area contributed by atoms with Crippen molar-refractivity contribution < 1.29 is 4.74 Å². The third kappa shape index (κ3) is 5.32. The predicted molar refractivity (Wildman–Crippen MR) is 98.6 cm³/mol. The van der Waals surface area contributed by atoms with E-state index >= 15 is 0 Å². The first-order valence-electron chi connectivity index (χ1n) is 8.05. The van der Waals surface area contributed by atoms with Gasteiger partial charge in [-0.3, -0.25) is 4.90 Å². The Balaban J connectivity index is 1.47. The van der Waals surface area contributed by atoms with E-state index in [1.807, 2.05) is 0 Å². The molecule has 0 saturated carbocycles. The molecule has 0 radical (unpaired) electrons. The largest absolute Gasteiger partial charge is 0.493 e. The Kier molecular flexibility index (Phi) is 5.78. The minimum atomic E-state index is 0.158. The molecule has 1 aliphatic rings. The number of nitrogens with two attached hydrogens (primary N) is 2. The summed E-state index contributed by atoms with van der Waals surface area (Å²) in [7, 11) is 0. The summed E-state index contributed by atoms with van der Waals surface area (Å²) >= 11 is 12.0. The molecule has 1 fully saturated rings. The van der Waals surface area contributed by atoms with Gasteiger partial charge in [0.15, 0.2) is 0 Å². The highest BCUT2D eigenvalue weighted by Crippen LogP contribution is 2.26. The zero-order chi connectivity index (χ0) is 17.8. The van der Waals surface area contributed by atoms with Crippen LogP contribution in [-0.4, -0.2) is 39.5 Å². The Morgan fingerprint density at radius 3 is 2.20 bits per heavy atom. The number of ether oxygens (including phenoxy) is 1. The minimum Gasteiger partial charge on any atom is -0.493 e. The average molecular weight is 383 g/mol. The number of benzene rings is 1. The van der Waals surface area contributed by atoms with Crippen molar-refractivity contribution >= 4 is 35.1 Å². The molecule has 0 spiro atoms. The molecule has 0 unspecified atom stereocenters. The number of piperidine rings is 1. The normalized spacial score (nSPS) is 16.1. The van der Waals surface area contributed by atoms with Crippen LogP contribution in [0.4, 0.5) is 11.9 Å². The van der Waals surface area contributed by atoms with Gasteiger partial charge in [-0.25, -0.2) is 0 Å². The molecular formula is C16H20Cl2N6O. The molecule has 1 aromatic carbocycles. The van der Waals surface area contributed by atoms with Gasteiger partial charge >= 0.3 is 0 Å². The Morgan fingerprint density at radius 1 is 1.00 bits per heavy atom. The van der Waals surface area contributed by atoms with Gasteiger partial charge in [-0.2, -0.15) is 15.0 Å². The van der Waals surface area contributed by atoms with Crippen molar-refractivity contribution in [1.29, 1.82) is 0 Å². The van der Waals surface area contributed by atoms with E-state index in [0.717, 1.165) is 25.9 Å². The van der Waals surface area contributed by atoms with Crippen LogP contribution >= 0.6 is 23.2 Å². The van der Waals surface area contributed by atoms with Gasteiger partial charge in [0.2, 0.25) is 11.9 Å². The van der Waals surface area contributed by atoms with Gasteiger partial charge in [0.05, 0.1) is 13.2 Å². The van der Waals surface area contributed by atoms with E-state index in [9.17, 15) is 0 Å². The summed E-state index contributed by atoms with van der Waals surface area (Å²) in [5.74, 6) is 2.11. The molecule has 4 N–H and O–H groups in total. The monoisotopic (exact) mass is 382 g/mol. The number of hydrogen-bond donors (Lipinski definition) is 2. The zero-order valence-corrected chi connectivity index (χ0v) is 15.2. The van der Waals surface area contributed by atoms with Crippen molar-refractivity contribution in [2.45, 2.75) is 19.4 Å². The summed E-state index contributed by atoms with van der Waals surface area (Å²) in [6.45, 7) is 3.15. The molecule has 134 valence electrons. The van der Waals surface area contributed by atoms with E-state index in [1.165, 1.54) is 0 Å². The summed E-state index contributed by atoms with van der Waals surface area (Å²) in [5.41, 5.74) is 11.2. The van der Waals surface area contributed by atoms with Crippen LogP contribution in [0.15, 0.2) is 18.2 Å². The van der Waals surface area contributed by atoms with Gasteiger partial charge in [0.25, 0.3) is 0 Å². The molecule has 0 bridgehead atoms. The molecule has 7 nitrogen and oxygen atoms in total. The number of rotatable bonds is 5. The maximum atomic E-state index is 5.98. The lowest BCUT2D eigenvalue weighted by atomic mass is 9.98. The standard InChI is InChI=1S/C16H20Cl2N6O/c17-11-5-12(18)7-13(6-11)25-9-10-1-3-24(4-2-10)8-14-21-15(19)23-16(20)22-14/h5-7,10H,1-4,8-9H2,(H4,19,20,21,22,23). The highest BCUT2D eigenvalue weighted by Gasteiger charge is 2.21. The van der Waals surface area contributed by atoms with Gasteiger partial charge in [-0.15, -0.1) is 0 Å². The summed E-state index contributed by atoms with van der Waals surface area (Å²) in [5, 5.41) is 1.15. The van der Waals surface area contributed by atoms with Gasteiger partial charge in [-0.05, 0) is 50.0 Å². The molecular weight excluding hydrogens is 363 g/mol. The lowest BCUT2D eigenvalue weighted by Crippen LogP contribution is -2.35. The summed E-state index contributed by atoms with van der Waals surface area (Å²) in [6, 6.07) is 5.24. The Bertz CT molecular complexity index is 696. The molecule has 3 rings (SSSR count). The second-order valence-electron chi connectivity index (χ2n) is 6.10. The van der Waals surface area contributed by atoms with Crippen molar-refractivity contribution in [2.75, 3.05) is 31.2 Å². The highest BCUT2D eigenvalue weighted by atomic mass is 35.5. The predicted octanol–water partition coefficient (Wildman–Crippen LogP) is 2.63. The van der Waals surface area contributed by atoms with Crippen molar-refractivity contribution in [3.05, 3.63) is 34.1 Å². The second-order valence-corrected chi connectivity index (χ2v) is 6.98. The van der Waals surface area contributed by atoms with E-state index in [0.29, 0.717) is 40.7 Å². The fraction of sp³-hybridized carbons (Fsp3) is 0.438. The van der Waals surface area contributed by atoms with Gasteiger partial charge < -0.3 is 16.2 Å². The third-order valence-electron chi connectivity index (χ3n) is 4.11. The fourth-order valence-corrected chi connectivity index (χ4v) is 3.37. The summed E-state index contributed by atoms with van der Waals surface area (Å²) < 4.78 is 5.84. The first kappa shape index (κ1) is 18.0. The second kappa shape index (κ2) is 8.03. The van der Waals surface area contributed by atoms with E-state index in [-0.39, 0.29) is 11.9 Å². The maximum Gasteiger partial charge on any atom is 0.225 e. The average Bonchev–Trinajstić information content (AvgIpc) is 2.52. The SMILES string of the molecule is Nc1nc(N)nc(CN2CCC(COc3cc(Cl)cc(Cl)c3)CC2)n1. The Morgan fingerprint density at radius 2 is 1.60 bits per heavy atom. The van der Waals surface area contributed by atoms with E-state index in [1.54, 1.807) is 18.2 Å². The molecule has 1 saturated heterocycles. The Hall–Kier alpha value is -1.83. The van der Waals surface area contributed by atoms with Crippen LogP contribution in [0.25, 0.3) is 0 Å². The summed E-state index contributed by atoms with van der Waals surface area (Å²) in [6.07, 6.45) is 2.06. The first-order valence-corrected chi connectivity index (χ1v) is 8.80. The molecule has 0 aliphatic carbocycles. The molecule has 25 heavy (non-hydrogen) atoms. The number of hydrogen-bond acceptors (Lipinski definition) is 7. The number of nitrogens with zero attached hydrogens (tertiary/aromatic N) is 4. The van der Waals surface area contributed by atoms with Crippen LogP contribution in [-0.2, 0) is 6.54 Å². The minimum absolute atomic E-state index is 0.158. The number of likely N-dealkylation sites (tertiary alicyclic amines) is 1. The Labute approximate surface area is 156 Å². The van der Waals surface area contributed by atoms with Crippen LogP contribution in [0.3, 0.4) is 0 Å². The van der Waals surface area contributed by atoms with E-state index in [2.05, 4.69) is 19.9 Å². The number of nitrogen functional groups attached to an aromatic ring is 2. The first-order chi connectivity index (χ1) is 12.0.